The number of hydrogen-bond acceptors (Lipinski definition) is 3. The van der Waals surface area contributed by atoms with Gasteiger partial charge in [0, 0.05) is 23.4 Å². The first kappa shape index (κ1) is 12.3. The number of hydrogen-bond donors (Lipinski definition) is 2. The summed E-state index contributed by atoms with van der Waals surface area (Å²) in [6.45, 7) is 1.85. The maximum Gasteiger partial charge on any atom is 0.291 e. The fourth-order valence-corrected chi connectivity index (χ4v) is 1.60. The first-order valence-electron chi connectivity index (χ1n) is 5.45. The fourth-order valence-electron chi connectivity index (χ4n) is 1.60. The van der Waals surface area contributed by atoms with Gasteiger partial charge in [0.15, 0.2) is 5.76 Å². The van der Waals surface area contributed by atoms with Crippen LogP contribution in [0.15, 0.2) is 34.9 Å². The molecule has 0 fully saturated rings. The van der Waals surface area contributed by atoms with E-state index in [2.05, 4.69) is 5.32 Å². The molecule has 0 unspecified atom stereocenters. The molecule has 0 atom stereocenters. The summed E-state index contributed by atoms with van der Waals surface area (Å²) in [5, 5.41) is 2.63. The van der Waals surface area contributed by atoms with Gasteiger partial charge in [-0.1, -0.05) is 0 Å². The molecule has 5 heteroatoms. The van der Waals surface area contributed by atoms with Gasteiger partial charge in [-0.2, -0.15) is 0 Å². The van der Waals surface area contributed by atoms with Crippen LogP contribution in [-0.2, 0) is 6.54 Å². The number of rotatable bonds is 3. The van der Waals surface area contributed by atoms with Crippen molar-refractivity contribution in [3.8, 4) is 0 Å². The van der Waals surface area contributed by atoms with Crippen LogP contribution in [0.2, 0.25) is 0 Å². The van der Waals surface area contributed by atoms with Crippen molar-refractivity contribution in [3.05, 3.63) is 53.2 Å². The molecule has 0 saturated carbocycles. The summed E-state index contributed by atoms with van der Waals surface area (Å²) in [6.07, 6.45) is 1.44. The van der Waals surface area contributed by atoms with Crippen molar-refractivity contribution < 1.29 is 13.6 Å². The van der Waals surface area contributed by atoms with Crippen molar-refractivity contribution in [1.82, 2.24) is 0 Å². The summed E-state index contributed by atoms with van der Waals surface area (Å²) in [7, 11) is 0. The lowest BCUT2D eigenvalue weighted by molar-refractivity contribution is 0.0996. The molecule has 94 valence electrons. The van der Waals surface area contributed by atoms with Crippen LogP contribution in [0.3, 0.4) is 0 Å². The predicted octanol–water partition coefficient (Wildman–Crippen LogP) is 2.44. The normalized spacial score (nSPS) is 10.4. The molecule has 3 N–H and O–H groups in total. The minimum atomic E-state index is -0.385. The number of nitrogens with two attached hydrogens (primary N) is 1. The van der Waals surface area contributed by atoms with Gasteiger partial charge in [0.2, 0.25) is 0 Å². The van der Waals surface area contributed by atoms with Gasteiger partial charge in [-0.05, 0) is 31.2 Å². The van der Waals surface area contributed by atoms with Gasteiger partial charge in [-0.15, -0.1) is 0 Å². The highest BCUT2D eigenvalue weighted by molar-refractivity contribution is 6.03. The highest BCUT2D eigenvalue weighted by Gasteiger charge is 2.13. The number of carbonyl (C=O) groups is 1. The lowest BCUT2D eigenvalue weighted by atomic mass is 10.2. The molecule has 0 aliphatic heterocycles. The van der Waals surface area contributed by atoms with Gasteiger partial charge in [-0.3, -0.25) is 4.79 Å². The first-order valence-corrected chi connectivity index (χ1v) is 5.45. The van der Waals surface area contributed by atoms with Gasteiger partial charge >= 0.3 is 0 Å². The lowest BCUT2D eigenvalue weighted by Crippen LogP contribution is -2.12. The fraction of sp³-hybridized carbons (Fsp3) is 0.154. The molecule has 1 aromatic carbocycles. The van der Waals surface area contributed by atoms with Crippen LogP contribution in [0, 0.1) is 12.7 Å². The molecule has 1 aromatic heterocycles. The Morgan fingerprint density at radius 2 is 2.22 bits per heavy atom. The molecule has 18 heavy (non-hydrogen) atoms. The van der Waals surface area contributed by atoms with E-state index in [1.807, 2.05) is 0 Å². The Balaban J connectivity index is 2.20. The second-order valence-corrected chi connectivity index (χ2v) is 3.90. The molecule has 0 saturated heterocycles. The summed E-state index contributed by atoms with van der Waals surface area (Å²) >= 11 is 0. The van der Waals surface area contributed by atoms with E-state index in [4.69, 9.17) is 10.2 Å². The third-order valence-corrected chi connectivity index (χ3v) is 2.59. The molecule has 0 aliphatic carbocycles. The minimum absolute atomic E-state index is 0.0787. The first-order chi connectivity index (χ1) is 8.61. The average molecular weight is 248 g/mol. The van der Waals surface area contributed by atoms with Crippen LogP contribution in [0.25, 0.3) is 0 Å². The van der Waals surface area contributed by atoms with E-state index in [0.717, 1.165) is 5.56 Å². The number of furan rings is 1. The molecule has 2 rings (SSSR count). The second-order valence-electron chi connectivity index (χ2n) is 3.90. The lowest BCUT2D eigenvalue weighted by Gasteiger charge is -2.06. The summed E-state index contributed by atoms with van der Waals surface area (Å²) in [6, 6.07) is 5.95. The molecule has 0 spiro atoms. The smallest absolute Gasteiger partial charge is 0.291 e. The van der Waals surface area contributed by atoms with Gasteiger partial charge < -0.3 is 15.5 Å². The third-order valence-electron chi connectivity index (χ3n) is 2.59. The van der Waals surface area contributed by atoms with Crippen LogP contribution in [-0.4, -0.2) is 5.91 Å². The quantitative estimate of drug-likeness (QED) is 0.876. The Hall–Kier alpha value is -2.14. The number of nitrogens with one attached hydrogen (secondary N) is 1. The molecule has 4 nitrogen and oxygen atoms in total. The standard InChI is InChI=1S/C13H13FN2O2/c1-8-4-5-18-12(8)13(17)16-10-2-3-11(14)9(6-10)7-15/h2-6H,7,15H2,1H3,(H,16,17). The number of aryl methyl sites for hydroxylation is 1. The van der Waals surface area contributed by atoms with Gasteiger partial charge in [-0.25, -0.2) is 4.39 Å². The number of benzene rings is 1. The Morgan fingerprint density at radius 1 is 1.44 bits per heavy atom. The van der Waals surface area contributed by atoms with Crippen molar-refractivity contribution >= 4 is 11.6 Å². The molecule has 1 amide bonds. The van der Waals surface area contributed by atoms with E-state index < -0.39 is 0 Å². The largest absolute Gasteiger partial charge is 0.459 e. The van der Waals surface area contributed by atoms with Crippen LogP contribution >= 0.6 is 0 Å². The second kappa shape index (κ2) is 5.01. The van der Waals surface area contributed by atoms with Crippen LogP contribution < -0.4 is 11.1 Å². The van der Waals surface area contributed by atoms with E-state index in [1.54, 1.807) is 13.0 Å². The molecular weight excluding hydrogens is 235 g/mol. The van der Waals surface area contributed by atoms with Crippen LogP contribution in [0.1, 0.15) is 21.7 Å². The average Bonchev–Trinajstić information content (AvgIpc) is 2.78. The maximum absolute atomic E-state index is 13.2. The number of halogens is 1. The van der Waals surface area contributed by atoms with Gasteiger partial charge in [0.05, 0.1) is 6.26 Å². The summed E-state index contributed by atoms with van der Waals surface area (Å²) in [5.74, 6) is -0.509. The van der Waals surface area contributed by atoms with Crippen molar-refractivity contribution in [2.75, 3.05) is 5.32 Å². The summed E-state index contributed by atoms with van der Waals surface area (Å²) in [4.78, 5) is 11.9. The van der Waals surface area contributed by atoms with E-state index in [1.165, 1.54) is 24.5 Å². The maximum atomic E-state index is 13.2. The Kier molecular flexibility index (Phi) is 3.43. The van der Waals surface area contributed by atoms with Crippen molar-refractivity contribution in [1.29, 1.82) is 0 Å². The Bertz CT molecular complexity index is 578. The molecular formula is C13H13FN2O2. The highest BCUT2D eigenvalue weighted by Crippen LogP contribution is 2.16. The van der Waals surface area contributed by atoms with E-state index >= 15 is 0 Å². The molecule has 2 aromatic rings. The Labute approximate surface area is 104 Å². The zero-order valence-corrected chi connectivity index (χ0v) is 9.87. The molecule has 0 radical (unpaired) electrons. The third kappa shape index (κ3) is 2.41. The zero-order chi connectivity index (χ0) is 13.1. The Morgan fingerprint density at radius 3 is 2.83 bits per heavy atom. The number of anilines is 1. The molecule has 1 heterocycles. The van der Waals surface area contributed by atoms with Crippen molar-refractivity contribution in [3.63, 3.8) is 0 Å². The highest BCUT2D eigenvalue weighted by atomic mass is 19.1. The number of amides is 1. The van der Waals surface area contributed by atoms with E-state index in [9.17, 15) is 9.18 Å². The molecule has 0 bridgehead atoms. The SMILES string of the molecule is Cc1ccoc1C(=O)Nc1ccc(F)c(CN)c1. The van der Waals surface area contributed by atoms with Crippen LogP contribution in [0.4, 0.5) is 10.1 Å². The van der Waals surface area contributed by atoms with Gasteiger partial charge in [0.1, 0.15) is 5.82 Å². The predicted molar refractivity (Wildman–Crippen MR) is 65.7 cm³/mol. The van der Waals surface area contributed by atoms with Crippen molar-refractivity contribution in [2.45, 2.75) is 13.5 Å². The van der Waals surface area contributed by atoms with Gasteiger partial charge in [0.25, 0.3) is 5.91 Å². The number of carbonyl (C=O) groups excluding carboxylic acids is 1. The van der Waals surface area contributed by atoms with E-state index in [-0.39, 0.29) is 24.0 Å². The summed E-state index contributed by atoms with van der Waals surface area (Å²) < 4.78 is 18.3. The van der Waals surface area contributed by atoms with E-state index in [0.29, 0.717) is 11.3 Å². The minimum Gasteiger partial charge on any atom is -0.459 e. The summed E-state index contributed by atoms with van der Waals surface area (Å²) in [5.41, 5.74) is 6.98. The monoisotopic (exact) mass is 248 g/mol. The topological polar surface area (TPSA) is 68.3 Å². The van der Waals surface area contributed by atoms with Crippen LogP contribution in [0.5, 0.6) is 0 Å². The zero-order valence-electron chi connectivity index (χ0n) is 9.87. The van der Waals surface area contributed by atoms with Crippen molar-refractivity contribution in [2.24, 2.45) is 5.73 Å². The molecule has 0 aliphatic rings.